The van der Waals surface area contributed by atoms with E-state index in [0.29, 0.717) is 17.7 Å². The van der Waals surface area contributed by atoms with Crippen LogP contribution in [0.15, 0.2) is 120 Å². The number of hydrogen-bond donors (Lipinski definition) is 0. The second kappa shape index (κ2) is 13.8. The van der Waals surface area contributed by atoms with Gasteiger partial charge in [0.15, 0.2) is 0 Å². The molecule has 7 rings (SSSR count). The van der Waals surface area contributed by atoms with E-state index in [1.165, 1.54) is 77.5 Å². The highest BCUT2D eigenvalue weighted by Gasteiger charge is 2.51. The Labute approximate surface area is 327 Å². The second-order valence-electron chi connectivity index (χ2n) is 19.3. The zero-order valence-electron chi connectivity index (χ0n) is 34.8. The van der Waals surface area contributed by atoms with Crippen LogP contribution in [0.4, 0.5) is 0 Å². The van der Waals surface area contributed by atoms with E-state index in [2.05, 4.69) is 204 Å². The minimum atomic E-state index is -2.46. The third-order valence-corrected chi connectivity index (χ3v) is 17.6. The molecule has 2 aliphatic rings. The third kappa shape index (κ3) is 7.04. The van der Waals surface area contributed by atoms with Crippen molar-refractivity contribution in [3.63, 3.8) is 0 Å². The molecule has 0 amide bonds. The SMILES string of the molecule is CC1=Cc2c(-c3ccc(C(C)(C)C)cc3)cccc2C1[Si](C)(c1ccc(COC(C)(C)C)cc1)C1C(C)=Cc2c(-c3ccc(C(C)(C)C)cc3)cccc21. The van der Waals surface area contributed by atoms with Crippen LogP contribution in [0.2, 0.25) is 6.55 Å². The van der Waals surface area contributed by atoms with Crippen molar-refractivity contribution in [3.05, 3.63) is 159 Å². The van der Waals surface area contributed by atoms with Gasteiger partial charge in [-0.2, -0.15) is 0 Å². The van der Waals surface area contributed by atoms with Crippen LogP contribution < -0.4 is 5.19 Å². The average molecular weight is 729 g/mol. The monoisotopic (exact) mass is 728 g/mol. The van der Waals surface area contributed by atoms with Crippen LogP contribution in [0.1, 0.15) is 126 Å². The maximum atomic E-state index is 6.22. The number of hydrogen-bond acceptors (Lipinski definition) is 1. The highest BCUT2D eigenvalue weighted by atomic mass is 28.3. The zero-order valence-corrected chi connectivity index (χ0v) is 35.8. The highest BCUT2D eigenvalue weighted by Crippen LogP contribution is 2.54. The molecule has 2 unspecified atom stereocenters. The quantitative estimate of drug-likeness (QED) is 0.152. The standard InChI is InChI=1S/C52H60OSi/c1-34-31-46-42(37-21-25-39(26-22-37)50(3,4)5)15-13-17-44(46)48(34)54(12,41-29-19-36(20-30-41)33-53-52(9,10)11)49-35(2)32-47-43(16-14-18-45(47)49)38-23-27-40(28-24-38)51(6,7)8/h13-32,48-49H,33H2,1-12H3. The van der Waals surface area contributed by atoms with Gasteiger partial charge in [0.1, 0.15) is 8.07 Å². The molecule has 0 N–H and O–H groups in total. The van der Waals surface area contributed by atoms with Gasteiger partial charge in [0.25, 0.3) is 0 Å². The molecule has 2 aliphatic carbocycles. The van der Waals surface area contributed by atoms with Crippen molar-refractivity contribution in [3.8, 4) is 22.3 Å². The lowest BCUT2D eigenvalue weighted by molar-refractivity contribution is -0.0149. The van der Waals surface area contributed by atoms with Crippen molar-refractivity contribution in [2.24, 2.45) is 0 Å². The van der Waals surface area contributed by atoms with E-state index in [1.54, 1.807) is 0 Å². The summed E-state index contributed by atoms with van der Waals surface area (Å²) in [4.78, 5) is 0. The van der Waals surface area contributed by atoms with Crippen LogP contribution in [-0.2, 0) is 22.2 Å². The van der Waals surface area contributed by atoms with Crippen molar-refractivity contribution in [1.82, 2.24) is 0 Å². The molecule has 278 valence electrons. The van der Waals surface area contributed by atoms with Crippen LogP contribution in [0.3, 0.4) is 0 Å². The minimum absolute atomic E-state index is 0.124. The number of allylic oxidation sites excluding steroid dienone is 2. The summed E-state index contributed by atoms with van der Waals surface area (Å²) < 4.78 is 6.22. The summed E-state index contributed by atoms with van der Waals surface area (Å²) in [6, 6.07) is 42.3. The first-order valence-electron chi connectivity index (χ1n) is 19.9. The maximum absolute atomic E-state index is 6.22. The van der Waals surface area contributed by atoms with E-state index >= 15 is 0 Å². The van der Waals surface area contributed by atoms with Gasteiger partial charge in [0.05, 0.1) is 12.2 Å². The van der Waals surface area contributed by atoms with E-state index in [0.717, 1.165) is 0 Å². The fourth-order valence-corrected chi connectivity index (χ4v) is 15.0. The van der Waals surface area contributed by atoms with Gasteiger partial charge in [0.2, 0.25) is 0 Å². The van der Waals surface area contributed by atoms with Gasteiger partial charge in [-0.05, 0) is 107 Å². The smallest absolute Gasteiger partial charge is 0.106 e. The molecule has 54 heavy (non-hydrogen) atoms. The summed E-state index contributed by atoms with van der Waals surface area (Å²) in [5.74, 6) is 0. The number of benzene rings is 5. The summed E-state index contributed by atoms with van der Waals surface area (Å²) in [5.41, 5.74) is 18.6. The molecule has 0 fully saturated rings. The topological polar surface area (TPSA) is 9.23 Å². The van der Waals surface area contributed by atoms with Crippen LogP contribution in [0.25, 0.3) is 34.4 Å². The first kappa shape index (κ1) is 38.0. The van der Waals surface area contributed by atoms with Crippen LogP contribution in [0.5, 0.6) is 0 Å². The molecule has 0 aliphatic heterocycles. The molecule has 0 spiro atoms. The Bertz CT molecular complexity index is 2100. The first-order valence-corrected chi connectivity index (χ1v) is 22.6. The van der Waals surface area contributed by atoms with E-state index < -0.39 is 8.07 Å². The first-order chi connectivity index (χ1) is 25.4. The van der Waals surface area contributed by atoms with Gasteiger partial charge in [0, 0.05) is 11.1 Å². The van der Waals surface area contributed by atoms with Gasteiger partial charge in [-0.1, -0.05) is 186 Å². The number of fused-ring (bicyclic) bond motifs is 2. The molecule has 0 radical (unpaired) electrons. The predicted molar refractivity (Wildman–Crippen MR) is 236 cm³/mol. The molecule has 2 atom stereocenters. The molecular weight excluding hydrogens is 669 g/mol. The van der Waals surface area contributed by atoms with Crippen molar-refractivity contribution < 1.29 is 4.74 Å². The molecule has 5 aromatic carbocycles. The fourth-order valence-electron chi connectivity index (χ4n) is 9.26. The lowest BCUT2D eigenvalue weighted by atomic mass is 9.86. The Morgan fingerprint density at radius 1 is 0.519 bits per heavy atom. The van der Waals surface area contributed by atoms with Gasteiger partial charge < -0.3 is 4.74 Å². The summed E-state index contributed by atoms with van der Waals surface area (Å²) in [7, 11) is -2.46. The third-order valence-electron chi connectivity index (χ3n) is 12.1. The molecule has 5 aromatic rings. The Hall–Kier alpha value is -4.24. The predicted octanol–water partition coefficient (Wildman–Crippen LogP) is 13.7. The molecule has 0 aromatic heterocycles. The van der Waals surface area contributed by atoms with E-state index in [-0.39, 0.29) is 16.4 Å². The van der Waals surface area contributed by atoms with Crippen LogP contribution in [0, 0.1) is 0 Å². The summed E-state index contributed by atoms with van der Waals surface area (Å²) in [6.07, 6.45) is 5.04. The molecular formula is C52H60OSi. The molecule has 2 heteroatoms. The van der Waals surface area contributed by atoms with E-state index in [9.17, 15) is 0 Å². The van der Waals surface area contributed by atoms with E-state index in [4.69, 9.17) is 4.74 Å². The summed E-state index contributed by atoms with van der Waals surface area (Å²) in [5, 5.41) is 1.50. The van der Waals surface area contributed by atoms with Gasteiger partial charge in [-0.3, -0.25) is 0 Å². The Morgan fingerprint density at radius 2 is 0.926 bits per heavy atom. The maximum Gasteiger partial charge on any atom is 0.106 e. The molecule has 0 bridgehead atoms. The molecule has 0 saturated heterocycles. The Kier molecular flexibility index (Phi) is 9.73. The number of ether oxygens (including phenoxy) is 1. The number of rotatable bonds is 7. The van der Waals surface area contributed by atoms with Crippen molar-refractivity contribution >= 4 is 25.4 Å². The zero-order chi connectivity index (χ0) is 38.8. The Balaban J connectivity index is 1.37. The van der Waals surface area contributed by atoms with Gasteiger partial charge >= 0.3 is 0 Å². The lowest BCUT2D eigenvalue weighted by Gasteiger charge is -2.42. The average Bonchev–Trinajstić information content (AvgIpc) is 3.65. The Morgan fingerprint density at radius 3 is 1.30 bits per heavy atom. The molecule has 0 heterocycles. The van der Waals surface area contributed by atoms with Gasteiger partial charge in [-0.15, -0.1) is 0 Å². The van der Waals surface area contributed by atoms with Gasteiger partial charge in [-0.25, -0.2) is 0 Å². The minimum Gasteiger partial charge on any atom is -0.371 e. The van der Waals surface area contributed by atoms with Crippen LogP contribution >= 0.6 is 0 Å². The lowest BCUT2D eigenvalue weighted by Crippen LogP contribution is -2.56. The summed E-state index contributed by atoms with van der Waals surface area (Å²) >= 11 is 0. The molecule has 1 nitrogen and oxygen atoms in total. The van der Waals surface area contributed by atoms with Crippen LogP contribution in [-0.4, -0.2) is 13.7 Å². The van der Waals surface area contributed by atoms with Crippen molar-refractivity contribution in [2.75, 3.05) is 0 Å². The summed E-state index contributed by atoms with van der Waals surface area (Å²) in [6.45, 7) is 28.2. The highest BCUT2D eigenvalue weighted by molar-refractivity contribution is 6.94. The van der Waals surface area contributed by atoms with Crippen molar-refractivity contribution in [2.45, 2.75) is 117 Å². The van der Waals surface area contributed by atoms with Crippen molar-refractivity contribution in [1.29, 1.82) is 0 Å². The largest absolute Gasteiger partial charge is 0.371 e. The normalized spacial score (nSPS) is 18.1. The molecule has 0 saturated carbocycles. The second-order valence-corrected chi connectivity index (χ2v) is 23.6. The van der Waals surface area contributed by atoms with E-state index in [1.807, 2.05) is 0 Å². The fraction of sp³-hybridized carbons (Fsp3) is 0.346.